The number of hydrogen-bond acceptors (Lipinski definition) is 1. The molecule has 16 heavy (non-hydrogen) atoms. The van der Waals surface area contributed by atoms with E-state index in [1.165, 1.54) is 51.4 Å². The minimum absolute atomic E-state index is 0.190. The second-order valence-electron chi connectivity index (χ2n) is 7.94. The SMILES string of the molecule is CCC12CC3(C)CC(N)(C1)CC(CC)(C3)C2. The Labute approximate surface area is 100 Å². The van der Waals surface area contributed by atoms with Crippen molar-refractivity contribution in [1.29, 1.82) is 0 Å². The Hall–Kier alpha value is -0.0400. The molecule has 4 aliphatic carbocycles. The molecule has 4 aliphatic rings. The quantitative estimate of drug-likeness (QED) is 0.752. The van der Waals surface area contributed by atoms with Gasteiger partial charge in [-0.3, -0.25) is 0 Å². The normalized spacial score (nSPS) is 59.2. The van der Waals surface area contributed by atoms with E-state index in [2.05, 4.69) is 20.8 Å². The van der Waals surface area contributed by atoms with Gasteiger partial charge in [0.25, 0.3) is 0 Å². The van der Waals surface area contributed by atoms with Crippen molar-refractivity contribution in [1.82, 2.24) is 0 Å². The molecule has 0 radical (unpaired) electrons. The van der Waals surface area contributed by atoms with Crippen LogP contribution in [0.25, 0.3) is 0 Å². The summed E-state index contributed by atoms with van der Waals surface area (Å²) < 4.78 is 0. The van der Waals surface area contributed by atoms with Crippen LogP contribution in [0.2, 0.25) is 0 Å². The van der Waals surface area contributed by atoms with Crippen molar-refractivity contribution in [3.8, 4) is 0 Å². The van der Waals surface area contributed by atoms with Crippen molar-refractivity contribution in [3.63, 3.8) is 0 Å². The van der Waals surface area contributed by atoms with Gasteiger partial charge in [0.1, 0.15) is 0 Å². The van der Waals surface area contributed by atoms with Gasteiger partial charge in [-0.25, -0.2) is 0 Å². The van der Waals surface area contributed by atoms with E-state index < -0.39 is 0 Å². The third-order valence-electron chi connectivity index (χ3n) is 6.09. The Morgan fingerprint density at radius 1 is 0.812 bits per heavy atom. The highest BCUT2D eigenvalue weighted by molar-refractivity contribution is 5.18. The fourth-order valence-corrected chi connectivity index (χ4v) is 6.45. The lowest BCUT2D eigenvalue weighted by Crippen LogP contribution is -2.66. The van der Waals surface area contributed by atoms with E-state index >= 15 is 0 Å². The van der Waals surface area contributed by atoms with Crippen LogP contribution < -0.4 is 5.73 Å². The maximum absolute atomic E-state index is 6.73. The molecule has 2 N–H and O–H groups in total. The van der Waals surface area contributed by atoms with Gasteiger partial charge in [0.15, 0.2) is 0 Å². The Balaban J connectivity index is 2.06. The van der Waals surface area contributed by atoms with Gasteiger partial charge in [-0.05, 0) is 54.8 Å². The van der Waals surface area contributed by atoms with Crippen molar-refractivity contribution in [3.05, 3.63) is 0 Å². The zero-order valence-corrected chi connectivity index (χ0v) is 11.2. The molecule has 4 saturated carbocycles. The molecule has 92 valence electrons. The molecule has 1 nitrogen and oxygen atoms in total. The molecule has 0 aromatic heterocycles. The first kappa shape index (κ1) is 11.1. The molecule has 0 heterocycles. The first-order chi connectivity index (χ1) is 7.36. The summed E-state index contributed by atoms with van der Waals surface area (Å²) in [5, 5.41) is 0. The molecule has 0 aromatic rings. The summed E-state index contributed by atoms with van der Waals surface area (Å²) in [5.74, 6) is 0. The highest BCUT2D eigenvalue weighted by atomic mass is 14.8. The maximum Gasteiger partial charge on any atom is 0.0170 e. The summed E-state index contributed by atoms with van der Waals surface area (Å²) in [4.78, 5) is 0. The molecule has 4 bridgehead atoms. The van der Waals surface area contributed by atoms with E-state index in [4.69, 9.17) is 5.73 Å². The predicted molar refractivity (Wildman–Crippen MR) is 68.2 cm³/mol. The molecule has 0 spiro atoms. The first-order valence-corrected chi connectivity index (χ1v) is 7.15. The zero-order valence-electron chi connectivity index (χ0n) is 11.2. The topological polar surface area (TPSA) is 26.0 Å². The number of rotatable bonds is 2. The molecule has 0 aromatic carbocycles. The van der Waals surface area contributed by atoms with E-state index in [9.17, 15) is 0 Å². The summed E-state index contributed by atoms with van der Waals surface area (Å²) in [5.41, 5.74) is 8.69. The lowest BCUT2D eigenvalue weighted by atomic mass is 9.37. The second-order valence-corrected chi connectivity index (χ2v) is 7.94. The molecule has 0 aliphatic heterocycles. The van der Waals surface area contributed by atoms with Crippen molar-refractivity contribution in [2.45, 2.75) is 77.7 Å². The van der Waals surface area contributed by atoms with Gasteiger partial charge < -0.3 is 5.73 Å². The summed E-state index contributed by atoms with van der Waals surface area (Å²) >= 11 is 0. The Bertz CT molecular complexity index is 275. The van der Waals surface area contributed by atoms with Crippen molar-refractivity contribution >= 4 is 0 Å². The number of nitrogens with two attached hydrogens (primary N) is 1. The van der Waals surface area contributed by atoms with E-state index in [0.717, 1.165) is 0 Å². The highest BCUT2D eigenvalue weighted by Gasteiger charge is 2.64. The average molecular weight is 221 g/mol. The van der Waals surface area contributed by atoms with Crippen LogP contribution in [0.3, 0.4) is 0 Å². The summed E-state index contributed by atoms with van der Waals surface area (Å²) in [6.45, 7) is 7.30. The minimum atomic E-state index is 0.190. The van der Waals surface area contributed by atoms with Gasteiger partial charge in [-0.15, -0.1) is 0 Å². The fourth-order valence-electron chi connectivity index (χ4n) is 6.45. The van der Waals surface area contributed by atoms with Crippen LogP contribution in [0.5, 0.6) is 0 Å². The van der Waals surface area contributed by atoms with E-state index in [1.54, 1.807) is 0 Å². The van der Waals surface area contributed by atoms with Crippen LogP contribution in [0.15, 0.2) is 0 Å². The summed E-state index contributed by atoms with van der Waals surface area (Å²) in [6, 6.07) is 0. The van der Waals surface area contributed by atoms with Crippen LogP contribution in [0.1, 0.15) is 72.1 Å². The molecular weight excluding hydrogens is 194 g/mol. The summed E-state index contributed by atoms with van der Waals surface area (Å²) in [7, 11) is 0. The van der Waals surface area contributed by atoms with Crippen molar-refractivity contribution in [2.75, 3.05) is 0 Å². The standard InChI is InChI=1S/C15H27N/c1-4-13-6-12(3)7-14(5-2,9-13)11-15(16,8-12)10-13/h4-11,16H2,1-3H3. The molecule has 4 fully saturated rings. The van der Waals surface area contributed by atoms with Gasteiger partial charge in [-0.2, -0.15) is 0 Å². The Morgan fingerprint density at radius 3 is 1.69 bits per heavy atom. The molecule has 0 amide bonds. The van der Waals surface area contributed by atoms with E-state index in [1.807, 2.05) is 0 Å². The predicted octanol–water partition coefficient (Wildman–Crippen LogP) is 3.86. The largest absolute Gasteiger partial charge is 0.325 e. The van der Waals surface area contributed by atoms with Crippen LogP contribution in [-0.4, -0.2) is 5.54 Å². The molecule has 1 heteroatoms. The van der Waals surface area contributed by atoms with Gasteiger partial charge in [-0.1, -0.05) is 33.6 Å². The first-order valence-electron chi connectivity index (χ1n) is 7.15. The zero-order chi connectivity index (χ0) is 11.7. The smallest absolute Gasteiger partial charge is 0.0170 e. The Kier molecular flexibility index (Phi) is 1.98. The van der Waals surface area contributed by atoms with Gasteiger partial charge >= 0.3 is 0 Å². The lowest BCUT2D eigenvalue weighted by Gasteiger charge is -2.69. The third kappa shape index (κ3) is 1.33. The monoisotopic (exact) mass is 221 g/mol. The van der Waals surface area contributed by atoms with E-state index in [0.29, 0.717) is 16.2 Å². The van der Waals surface area contributed by atoms with Crippen molar-refractivity contribution in [2.24, 2.45) is 22.0 Å². The van der Waals surface area contributed by atoms with Gasteiger partial charge in [0.05, 0.1) is 0 Å². The molecule has 2 unspecified atom stereocenters. The van der Waals surface area contributed by atoms with Crippen LogP contribution in [0, 0.1) is 16.2 Å². The van der Waals surface area contributed by atoms with Gasteiger partial charge in [0.2, 0.25) is 0 Å². The van der Waals surface area contributed by atoms with Crippen LogP contribution >= 0.6 is 0 Å². The highest BCUT2D eigenvalue weighted by Crippen LogP contribution is 2.71. The van der Waals surface area contributed by atoms with Crippen molar-refractivity contribution < 1.29 is 0 Å². The van der Waals surface area contributed by atoms with Crippen LogP contribution in [-0.2, 0) is 0 Å². The second kappa shape index (κ2) is 2.85. The fraction of sp³-hybridized carbons (Fsp3) is 1.00. The minimum Gasteiger partial charge on any atom is -0.325 e. The number of hydrogen-bond donors (Lipinski definition) is 1. The van der Waals surface area contributed by atoms with E-state index in [-0.39, 0.29) is 5.54 Å². The van der Waals surface area contributed by atoms with Gasteiger partial charge in [0, 0.05) is 5.54 Å². The lowest BCUT2D eigenvalue weighted by molar-refractivity contribution is -0.164. The molecule has 0 saturated heterocycles. The molecule has 4 rings (SSSR count). The third-order valence-corrected chi connectivity index (χ3v) is 6.09. The molecular formula is C15H27N. The molecule has 2 atom stereocenters. The van der Waals surface area contributed by atoms with Crippen LogP contribution in [0.4, 0.5) is 0 Å². The Morgan fingerprint density at radius 2 is 1.31 bits per heavy atom. The summed E-state index contributed by atoms with van der Waals surface area (Å²) in [6.07, 6.45) is 11.0. The maximum atomic E-state index is 6.73. The average Bonchev–Trinajstić information content (AvgIpc) is 2.12.